The Morgan fingerprint density at radius 3 is 2.74 bits per heavy atom. The molecule has 0 saturated carbocycles. The number of methoxy groups -OCH3 is 1. The van der Waals surface area contributed by atoms with Gasteiger partial charge < -0.3 is 9.47 Å². The topological polar surface area (TPSA) is 95.7 Å². The van der Waals surface area contributed by atoms with E-state index in [1.54, 1.807) is 13.8 Å². The van der Waals surface area contributed by atoms with E-state index in [1.165, 1.54) is 17.8 Å². The Bertz CT molecular complexity index is 649. The van der Waals surface area contributed by atoms with Crippen LogP contribution in [0.25, 0.3) is 5.78 Å². The van der Waals surface area contributed by atoms with Crippen molar-refractivity contribution >= 4 is 17.7 Å². The van der Waals surface area contributed by atoms with Crippen LogP contribution in [0.3, 0.4) is 0 Å². The highest BCUT2D eigenvalue weighted by molar-refractivity contribution is 5.90. The molecule has 0 saturated heterocycles. The molecule has 8 heteroatoms. The molecule has 0 aliphatic heterocycles. The monoisotopic (exact) mass is 264 g/mol. The van der Waals surface area contributed by atoms with Crippen LogP contribution in [-0.4, -0.2) is 45.2 Å². The summed E-state index contributed by atoms with van der Waals surface area (Å²) in [4.78, 5) is 30.9. The minimum atomic E-state index is -0.664. The van der Waals surface area contributed by atoms with Gasteiger partial charge in [-0.1, -0.05) is 0 Å². The summed E-state index contributed by atoms with van der Waals surface area (Å²) in [7, 11) is 1.23. The molecule has 0 radical (unpaired) electrons. The molecule has 2 heterocycles. The van der Waals surface area contributed by atoms with Crippen LogP contribution in [-0.2, 0) is 9.47 Å². The molecule has 19 heavy (non-hydrogen) atoms. The maximum Gasteiger partial charge on any atom is 0.378 e. The van der Waals surface area contributed by atoms with Crippen molar-refractivity contribution in [2.45, 2.75) is 13.8 Å². The first kappa shape index (κ1) is 12.9. The lowest BCUT2D eigenvalue weighted by Gasteiger charge is -2.05. The van der Waals surface area contributed by atoms with Crippen molar-refractivity contribution in [3.05, 3.63) is 23.3 Å². The van der Waals surface area contributed by atoms with Gasteiger partial charge in [0.2, 0.25) is 0 Å². The normalized spacial score (nSPS) is 10.5. The fraction of sp³-hybridized carbons (Fsp3) is 0.364. The average molecular weight is 264 g/mol. The van der Waals surface area contributed by atoms with E-state index in [4.69, 9.17) is 4.74 Å². The Balaban J connectivity index is 2.52. The van der Waals surface area contributed by atoms with Crippen LogP contribution >= 0.6 is 0 Å². The summed E-state index contributed by atoms with van der Waals surface area (Å²) < 4.78 is 10.7. The van der Waals surface area contributed by atoms with Crippen LogP contribution in [0.15, 0.2) is 6.20 Å². The van der Waals surface area contributed by atoms with Crippen LogP contribution in [0.5, 0.6) is 0 Å². The van der Waals surface area contributed by atoms with Crippen molar-refractivity contribution in [2.75, 3.05) is 13.7 Å². The lowest BCUT2D eigenvalue weighted by molar-refractivity contribution is 0.0523. The SMILES string of the molecule is CCOC(=O)c1cnc2nc(C(=O)OC)nn2c1C. The Kier molecular flexibility index (Phi) is 3.41. The van der Waals surface area contributed by atoms with Gasteiger partial charge in [-0.25, -0.2) is 14.6 Å². The summed E-state index contributed by atoms with van der Waals surface area (Å²) >= 11 is 0. The Hall–Kier alpha value is -2.51. The highest BCUT2D eigenvalue weighted by Gasteiger charge is 2.19. The summed E-state index contributed by atoms with van der Waals surface area (Å²) in [5, 5.41) is 3.95. The number of carbonyl (C=O) groups is 2. The van der Waals surface area contributed by atoms with Crippen molar-refractivity contribution in [3.8, 4) is 0 Å². The molecule has 100 valence electrons. The lowest BCUT2D eigenvalue weighted by Crippen LogP contribution is -2.11. The first-order chi connectivity index (χ1) is 9.08. The molecule has 2 aromatic rings. The number of nitrogens with zero attached hydrogens (tertiary/aromatic N) is 4. The second-order valence-corrected chi connectivity index (χ2v) is 3.62. The first-order valence-electron chi connectivity index (χ1n) is 5.56. The number of aromatic nitrogens is 4. The minimum Gasteiger partial charge on any atom is -0.463 e. The van der Waals surface area contributed by atoms with Crippen LogP contribution in [0.2, 0.25) is 0 Å². The van der Waals surface area contributed by atoms with Gasteiger partial charge in [-0.15, -0.1) is 5.10 Å². The number of fused-ring (bicyclic) bond motifs is 1. The molecule has 0 fully saturated rings. The van der Waals surface area contributed by atoms with E-state index < -0.39 is 11.9 Å². The summed E-state index contributed by atoms with van der Waals surface area (Å²) in [6.45, 7) is 3.64. The predicted octanol–water partition coefficient (Wildman–Crippen LogP) is 0.396. The standard InChI is InChI=1S/C11H12N4O4/c1-4-19-9(16)7-5-12-11-13-8(10(17)18-3)14-15(11)6(7)2/h5H,4H2,1-3H3. The molecule has 0 aliphatic rings. The lowest BCUT2D eigenvalue weighted by atomic mass is 10.2. The zero-order chi connectivity index (χ0) is 14.0. The Labute approximate surface area is 108 Å². The molecule has 0 spiro atoms. The van der Waals surface area contributed by atoms with Crippen molar-refractivity contribution in [3.63, 3.8) is 0 Å². The summed E-state index contributed by atoms with van der Waals surface area (Å²) in [5.41, 5.74) is 0.766. The molecule has 0 bridgehead atoms. The number of hydrogen-bond acceptors (Lipinski definition) is 7. The van der Waals surface area contributed by atoms with Gasteiger partial charge in [0.05, 0.1) is 25.0 Å². The second kappa shape index (κ2) is 5.01. The number of aryl methyl sites for hydroxylation is 1. The molecule has 0 aliphatic carbocycles. The fourth-order valence-electron chi connectivity index (χ4n) is 1.53. The molecular weight excluding hydrogens is 252 g/mol. The largest absolute Gasteiger partial charge is 0.463 e. The molecule has 2 aromatic heterocycles. The zero-order valence-electron chi connectivity index (χ0n) is 10.7. The number of hydrogen-bond donors (Lipinski definition) is 0. The molecule has 8 nitrogen and oxygen atoms in total. The summed E-state index contributed by atoms with van der Waals surface area (Å²) in [6, 6.07) is 0. The van der Waals surface area contributed by atoms with Gasteiger partial charge in [0.25, 0.3) is 11.6 Å². The van der Waals surface area contributed by atoms with E-state index in [2.05, 4.69) is 19.8 Å². The van der Waals surface area contributed by atoms with Gasteiger partial charge in [0, 0.05) is 6.20 Å². The molecule has 0 N–H and O–H groups in total. The van der Waals surface area contributed by atoms with Gasteiger partial charge >= 0.3 is 11.9 Å². The molecule has 0 atom stereocenters. The first-order valence-corrected chi connectivity index (χ1v) is 5.56. The molecule has 0 unspecified atom stereocenters. The van der Waals surface area contributed by atoms with Crippen molar-refractivity contribution in [1.29, 1.82) is 0 Å². The van der Waals surface area contributed by atoms with Crippen LogP contribution < -0.4 is 0 Å². The third-order valence-corrected chi connectivity index (χ3v) is 2.47. The number of ether oxygens (including phenoxy) is 2. The second-order valence-electron chi connectivity index (χ2n) is 3.62. The van der Waals surface area contributed by atoms with E-state index in [9.17, 15) is 9.59 Å². The molecular formula is C11H12N4O4. The van der Waals surface area contributed by atoms with Crippen LogP contribution in [0, 0.1) is 6.92 Å². The fourth-order valence-corrected chi connectivity index (χ4v) is 1.53. The average Bonchev–Trinajstić information content (AvgIpc) is 2.83. The van der Waals surface area contributed by atoms with Gasteiger partial charge in [-0.3, -0.25) is 0 Å². The molecule has 2 rings (SSSR count). The van der Waals surface area contributed by atoms with E-state index >= 15 is 0 Å². The van der Waals surface area contributed by atoms with E-state index in [1.807, 2.05) is 0 Å². The maximum atomic E-state index is 11.7. The van der Waals surface area contributed by atoms with E-state index in [0.29, 0.717) is 5.69 Å². The molecule has 0 aromatic carbocycles. The number of rotatable bonds is 3. The predicted molar refractivity (Wildman–Crippen MR) is 62.8 cm³/mol. The quantitative estimate of drug-likeness (QED) is 0.740. The van der Waals surface area contributed by atoms with Crippen molar-refractivity contribution in [1.82, 2.24) is 19.6 Å². The summed E-state index contributed by atoms with van der Waals surface area (Å²) in [6.07, 6.45) is 1.35. The van der Waals surface area contributed by atoms with Crippen molar-refractivity contribution in [2.24, 2.45) is 0 Å². The minimum absolute atomic E-state index is 0.112. The smallest absolute Gasteiger partial charge is 0.378 e. The summed E-state index contributed by atoms with van der Waals surface area (Å²) in [5.74, 6) is -1.06. The number of carbonyl (C=O) groups excluding carboxylic acids is 2. The van der Waals surface area contributed by atoms with Gasteiger partial charge in [0.1, 0.15) is 0 Å². The van der Waals surface area contributed by atoms with Gasteiger partial charge in [-0.2, -0.15) is 9.50 Å². The van der Waals surface area contributed by atoms with Crippen LogP contribution in [0.4, 0.5) is 0 Å². The molecule has 0 amide bonds. The highest BCUT2D eigenvalue weighted by Crippen LogP contribution is 2.10. The highest BCUT2D eigenvalue weighted by atomic mass is 16.5. The third-order valence-electron chi connectivity index (χ3n) is 2.47. The zero-order valence-corrected chi connectivity index (χ0v) is 10.7. The number of esters is 2. The van der Waals surface area contributed by atoms with Gasteiger partial charge in [0.15, 0.2) is 0 Å². The van der Waals surface area contributed by atoms with Crippen LogP contribution in [0.1, 0.15) is 33.6 Å². The van der Waals surface area contributed by atoms with Crippen molar-refractivity contribution < 1.29 is 19.1 Å². The van der Waals surface area contributed by atoms with Gasteiger partial charge in [-0.05, 0) is 13.8 Å². The maximum absolute atomic E-state index is 11.7. The Morgan fingerprint density at radius 1 is 1.37 bits per heavy atom. The Morgan fingerprint density at radius 2 is 2.11 bits per heavy atom. The third kappa shape index (κ3) is 2.24. The van der Waals surface area contributed by atoms with E-state index in [-0.39, 0.29) is 23.8 Å². The van der Waals surface area contributed by atoms with E-state index in [0.717, 1.165) is 0 Å².